The molecule has 22 heavy (non-hydrogen) atoms. The second-order valence-electron chi connectivity index (χ2n) is 6.53. The molecular formula is C18H27N3O. The van der Waals surface area contributed by atoms with E-state index >= 15 is 0 Å². The maximum Gasteiger partial charge on any atom is 0.225 e. The van der Waals surface area contributed by atoms with Gasteiger partial charge in [0.25, 0.3) is 0 Å². The molecule has 0 aliphatic heterocycles. The maximum atomic E-state index is 12.0. The fourth-order valence-corrected chi connectivity index (χ4v) is 2.40. The van der Waals surface area contributed by atoms with Crippen molar-refractivity contribution in [3.8, 4) is 6.07 Å². The van der Waals surface area contributed by atoms with Crippen molar-refractivity contribution >= 4 is 11.6 Å². The van der Waals surface area contributed by atoms with Crippen LogP contribution in [0.1, 0.15) is 39.7 Å². The number of nitrogens with zero attached hydrogens (tertiary/aromatic N) is 2. The van der Waals surface area contributed by atoms with Crippen molar-refractivity contribution in [2.75, 3.05) is 25.0 Å². The largest absolute Gasteiger partial charge is 0.326 e. The fourth-order valence-electron chi connectivity index (χ4n) is 2.40. The number of rotatable bonds is 8. The molecule has 1 aromatic rings. The third-order valence-electron chi connectivity index (χ3n) is 3.20. The highest BCUT2D eigenvalue weighted by Crippen LogP contribution is 2.10. The van der Waals surface area contributed by atoms with Gasteiger partial charge in [-0.3, -0.25) is 4.79 Å². The summed E-state index contributed by atoms with van der Waals surface area (Å²) in [5, 5.41) is 11.6. The van der Waals surface area contributed by atoms with Gasteiger partial charge in [-0.2, -0.15) is 5.26 Å². The Balaban J connectivity index is 2.46. The lowest BCUT2D eigenvalue weighted by Gasteiger charge is -2.25. The van der Waals surface area contributed by atoms with E-state index in [1.165, 1.54) is 0 Å². The first-order valence-corrected chi connectivity index (χ1v) is 7.93. The lowest BCUT2D eigenvalue weighted by molar-refractivity contribution is -0.116. The van der Waals surface area contributed by atoms with Crippen LogP contribution in [0.4, 0.5) is 5.69 Å². The Bertz CT molecular complexity index is 490. The average molecular weight is 301 g/mol. The van der Waals surface area contributed by atoms with E-state index in [0.29, 0.717) is 23.8 Å². The van der Waals surface area contributed by atoms with Gasteiger partial charge >= 0.3 is 0 Å². The highest BCUT2D eigenvalue weighted by Gasteiger charge is 2.11. The van der Waals surface area contributed by atoms with E-state index in [0.717, 1.165) is 25.3 Å². The van der Waals surface area contributed by atoms with Crippen LogP contribution in [0.2, 0.25) is 0 Å². The van der Waals surface area contributed by atoms with Gasteiger partial charge in [-0.05, 0) is 36.1 Å². The number of carbonyl (C=O) groups excluding carboxylic acids is 1. The molecule has 0 fully saturated rings. The molecule has 0 unspecified atom stereocenters. The molecule has 0 saturated carbocycles. The molecule has 0 bridgehead atoms. The number of anilines is 1. The summed E-state index contributed by atoms with van der Waals surface area (Å²) in [5.74, 6) is 1.21. The van der Waals surface area contributed by atoms with Gasteiger partial charge in [-0.25, -0.2) is 0 Å². The van der Waals surface area contributed by atoms with Crippen molar-refractivity contribution in [2.45, 2.75) is 34.1 Å². The van der Waals surface area contributed by atoms with Crippen molar-refractivity contribution in [3.63, 3.8) is 0 Å². The summed E-state index contributed by atoms with van der Waals surface area (Å²) in [6.45, 7) is 11.6. The number of hydrogen-bond donors (Lipinski definition) is 1. The quantitative estimate of drug-likeness (QED) is 0.799. The second kappa shape index (κ2) is 9.22. The third-order valence-corrected chi connectivity index (χ3v) is 3.20. The van der Waals surface area contributed by atoms with Gasteiger partial charge in [-0.15, -0.1) is 0 Å². The normalized spacial score (nSPS) is 11.0. The van der Waals surface area contributed by atoms with Gasteiger partial charge < -0.3 is 10.2 Å². The van der Waals surface area contributed by atoms with Crippen molar-refractivity contribution < 1.29 is 4.79 Å². The molecule has 0 heterocycles. The van der Waals surface area contributed by atoms with Crippen LogP contribution in [0.5, 0.6) is 0 Å². The van der Waals surface area contributed by atoms with E-state index in [4.69, 9.17) is 5.26 Å². The highest BCUT2D eigenvalue weighted by molar-refractivity contribution is 5.90. The van der Waals surface area contributed by atoms with Gasteiger partial charge in [0.2, 0.25) is 5.91 Å². The third kappa shape index (κ3) is 7.24. The van der Waals surface area contributed by atoms with Gasteiger partial charge in [0.05, 0.1) is 11.6 Å². The maximum absolute atomic E-state index is 12.0. The molecule has 4 nitrogen and oxygen atoms in total. The molecule has 0 spiro atoms. The Morgan fingerprint density at radius 1 is 1.14 bits per heavy atom. The van der Waals surface area contributed by atoms with Crippen LogP contribution in [0.3, 0.4) is 0 Å². The number of nitriles is 1. The number of benzene rings is 1. The second-order valence-corrected chi connectivity index (χ2v) is 6.53. The Hall–Kier alpha value is -1.86. The van der Waals surface area contributed by atoms with E-state index < -0.39 is 0 Å². The van der Waals surface area contributed by atoms with Crippen molar-refractivity contribution in [1.29, 1.82) is 5.26 Å². The lowest BCUT2D eigenvalue weighted by Crippen LogP contribution is -2.34. The zero-order chi connectivity index (χ0) is 16.5. The molecule has 0 radical (unpaired) electrons. The minimum atomic E-state index is 0.0159. The number of amides is 1. The van der Waals surface area contributed by atoms with Crippen LogP contribution in [0, 0.1) is 23.2 Å². The number of hydrogen-bond acceptors (Lipinski definition) is 3. The van der Waals surface area contributed by atoms with Crippen LogP contribution in [0.15, 0.2) is 24.3 Å². The van der Waals surface area contributed by atoms with E-state index in [1.807, 2.05) is 0 Å². The molecule has 1 aromatic carbocycles. The molecule has 0 aliphatic carbocycles. The summed E-state index contributed by atoms with van der Waals surface area (Å²) in [6, 6.07) is 9.00. The number of nitrogens with one attached hydrogen (secondary N) is 1. The van der Waals surface area contributed by atoms with E-state index in [9.17, 15) is 4.79 Å². The predicted molar refractivity (Wildman–Crippen MR) is 90.5 cm³/mol. The van der Waals surface area contributed by atoms with Crippen LogP contribution < -0.4 is 5.32 Å². The predicted octanol–water partition coefficient (Wildman–Crippen LogP) is 3.50. The Morgan fingerprint density at radius 2 is 1.68 bits per heavy atom. The summed E-state index contributed by atoms with van der Waals surface area (Å²) < 4.78 is 0. The van der Waals surface area contributed by atoms with Gasteiger partial charge in [0.1, 0.15) is 0 Å². The first-order valence-electron chi connectivity index (χ1n) is 7.93. The minimum absolute atomic E-state index is 0.0159. The van der Waals surface area contributed by atoms with Crippen LogP contribution >= 0.6 is 0 Å². The first kappa shape index (κ1) is 18.2. The summed E-state index contributed by atoms with van der Waals surface area (Å²) in [5.41, 5.74) is 1.33. The molecule has 0 aromatic heterocycles. The van der Waals surface area contributed by atoms with E-state index in [1.54, 1.807) is 24.3 Å². The van der Waals surface area contributed by atoms with Crippen molar-refractivity contribution in [3.05, 3.63) is 29.8 Å². The topological polar surface area (TPSA) is 56.1 Å². The summed E-state index contributed by atoms with van der Waals surface area (Å²) in [7, 11) is 0. The highest BCUT2D eigenvalue weighted by atomic mass is 16.1. The monoisotopic (exact) mass is 301 g/mol. The zero-order valence-electron chi connectivity index (χ0n) is 14.1. The minimum Gasteiger partial charge on any atom is -0.326 e. The van der Waals surface area contributed by atoms with Gasteiger partial charge in [0, 0.05) is 31.7 Å². The molecule has 1 N–H and O–H groups in total. The molecule has 0 aliphatic rings. The summed E-state index contributed by atoms with van der Waals surface area (Å²) in [4.78, 5) is 14.4. The molecule has 4 heteroatoms. The van der Waals surface area contributed by atoms with Crippen LogP contribution in [-0.4, -0.2) is 30.4 Å². The Morgan fingerprint density at radius 3 is 2.14 bits per heavy atom. The van der Waals surface area contributed by atoms with E-state index in [2.05, 4.69) is 44.0 Å². The SMILES string of the molecule is CC(C)CN(CCC(=O)Nc1ccc(C#N)cc1)CC(C)C. The fraction of sp³-hybridized carbons (Fsp3) is 0.556. The van der Waals surface area contributed by atoms with Gasteiger partial charge in [-0.1, -0.05) is 27.7 Å². The van der Waals surface area contributed by atoms with Crippen molar-refractivity contribution in [1.82, 2.24) is 4.90 Å². The van der Waals surface area contributed by atoms with Gasteiger partial charge in [0.15, 0.2) is 0 Å². The van der Waals surface area contributed by atoms with Crippen LogP contribution in [0.25, 0.3) is 0 Å². The first-order chi connectivity index (χ1) is 10.4. The molecule has 120 valence electrons. The zero-order valence-corrected chi connectivity index (χ0v) is 14.1. The van der Waals surface area contributed by atoms with E-state index in [-0.39, 0.29) is 5.91 Å². The Kier molecular flexibility index (Phi) is 7.62. The summed E-state index contributed by atoms with van der Waals surface area (Å²) >= 11 is 0. The van der Waals surface area contributed by atoms with Crippen molar-refractivity contribution in [2.24, 2.45) is 11.8 Å². The summed E-state index contributed by atoms with van der Waals surface area (Å²) in [6.07, 6.45) is 0.486. The smallest absolute Gasteiger partial charge is 0.225 e. The molecule has 1 amide bonds. The molecule has 0 atom stereocenters. The lowest BCUT2D eigenvalue weighted by atomic mass is 10.1. The molecule has 0 saturated heterocycles. The standard InChI is InChI=1S/C18H27N3O/c1-14(2)12-21(13-15(3)4)10-9-18(22)20-17-7-5-16(11-19)6-8-17/h5-8,14-15H,9-10,12-13H2,1-4H3,(H,20,22). The Labute approximate surface area is 134 Å². The molecular weight excluding hydrogens is 274 g/mol. The average Bonchev–Trinajstić information content (AvgIpc) is 2.44. The van der Waals surface area contributed by atoms with Crippen LogP contribution in [-0.2, 0) is 4.79 Å². The number of carbonyl (C=O) groups is 1. The molecule has 1 rings (SSSR count).